The van der Waals surface area contributed by atoms with E-state index in [9.17, 15) is 9.59 Å². The van der Waals surface area contributed by atoms with E-state index in [-0.39, 0.29) is 5.91 Å². The maximum atomic E-state index is 10.9. The Balaban J connectivity index is 2.25. The summed E-state index contributed by atoms with van der Waals surface area (Å²) in [4.78, 5) is 21.7. The maximum Gasteiger partial charge on any atom is 0.327 e. The summed E-state index contributed by atoms with van der Waals surface area (Å²) in [7, 11) is 0. The third-order valence-electron chi connectivity index (χ3n) is 2.28. The van der Waals surface area contributed by atoms with Gasteiger partial charge in [0.15, 0.2) is 0 Å². The molecule has 20 heavy (non-hydrogen) atoms. The lowest BCUT2D eigenvalue weighted by Crippen LogP contribution is -2.41. The third-order valence-corrected chi connectivity index (χ3v) is 3.62. The van der Waals surface area contributed by atoms with Crippen LogP contribution < -0.4 is 10.1 Å². The first-order valence-electron chi connectivity index (χ1n) is 5.95. The number of hydrogen-bond acceptors (Lipinski definition) is 4. The molecule has 0 bridgehead atoms. The van der Waals surface area contributed by atoms with Crippen molar-refractivity contribution in [1.29, 1.82) is 0 Å². The lowest BCUT2D eigenvalue weighted by Gasteiger charge is -2.13. The average molecular weight is 318 g/mol. The summed E-state index contributed by atoms with van der Waals surface area (Å²) in [6, 6.07) is 6.27. The minimum atomic E-state index is -1.04. The number of amides is 1. The zero-order valence-electron chi connectivity index (χ0n) is 11.0. The number of carboxylic acid groups (broad SMARTS) is 1. The van der Waals surface area contributed by atoms with Gasteiger partial charge in [0.1, 0.15) is 11.8 Å². The number of ether oxygens (including phenoxy) is 1. The minimum absolute atomic E-state index is 0.292. The molecule has 2 N–H and O–H groups in total. The molecule has 1 rings (SSSR count). The van der Waals surface area contributed by atoms with Crippen LogP contribution in [0.5, 0.6) is 5.75 Å². The molecule has 110 valence electrons. The monoisotopic (exact) mass is 317 g/mol. The van der Waals surface area contributed by atoms with Gasteiger partial charge in [-0.25, -0.2) is 4.79 Å². The summed E-state index contributed by atoms with van der Waals surface area (Å²) in [6.45, 7) is 1.71. The van der Waals surface area contributed by atoms with E-state index in [4.69, 9.17) is 21.4 Å². The summed E-state index contributed by atoms with van der Waals surface area (Å²) in [6.07, 6.45) is 0. The van der Waals surface area contributed by atoms with E-state index in [0.717, 1.165) is 0 Å². The van der Waals surface area contributed by atoms with Gasteiger partial charge in [-0.05, 0) is 12.1 Å². The van der Waals surface area contributed by atoms with Crippen molar-refractivity contribution in [2.75, 3.05) is 18.1 Å². The quantitative estimate of drug-likeness (QED) is 0.718. The molecule has 0 heterocycles. The van der Waals surface area contributed by atoms with Crippen LogP contribution in [0.1, 0.15) is 6.92 Å². The predicted octanol–water partition coefficient (Wildman–Crippen LogP) is 2.04. The molecule has 1 amide bonds. The van der Waals surface area contributed by atoms with Crippen LogP contribution in [0.15, 0.2) is 24.3 Å². The standard InChI is InChI=1S/C13H16ClNO4S/c1-9(16)15-11(13(17)18)8-20-7-6-19-12-5-3-2-4-10(12)14/h2-5,11H,6-8H2,1H3,(H,15,16)(H,17,18)/t11-/m0/s1. The fraction of sp³-hybridized carbons (Fsp3) is 0.385. The fourth-order valence-electron chi connectivity index (χ4n) is 1.39. The van der Waals surface area contributed by atoms with Gasteiger partial charge in [0, 0.05) is 18.4 Å². The van der Waals surface area contributed by atoms with Gasteiger partial charge >= 0.3 is 5.97 Å². The molecule has 0 aliphatic carbocycles. The van der Waals surface area contributed by atoms with E-state index in [0.29, 0.717) is 28.9 Å². The lowest BCUT2D eigenvalue weighted by molar-refractivity contribution is -0.140. The van der Waals surface area contributed by atoms with Gasteiger partial charge in [-0.2, -0.15) is 11.8 Å². The Hall–Kier alpha value is -1.40. The Bertz CT molecular complexity index is 469. The highest BCUT2D eigenvalue weighted by atomic mass is 35.5. The van der Waals surface area contributed by atoms with Gasteiger partial charge in [-0.1, -0.05) is 23.7 Å². The molecule has 1 aromatic carbocycles. The molecule has 1 aromatic rings. The average Bonchev–Trinajstić information content (AvgIpc) is 2.38. The normalized spacial score (nSPS) is 11.7. The Morgan fingerprint density at radius 2 is 2.15 bits per heavy atom. The van der Waals surface area contributed by atoms with Crippen LogP contribution in [0.25, 0.3) is 0 Å². The lowest BCUT2D eigenvalue weighted by atomic mass is 10.3. The molecule has 0 spiro atoms. The molecule has 0 saturated carbocycles. The Kier molecular flexibility index (Phi) is 7.25. The zero-order chi connectivity index (χ0) is 15.0. The number of nitrogens with one attached hydrogen (secondary N) is 1. The fourth-order valence-corrected chi connectivity index (χ4v) is 2.41. The highest BCUT2D eigenvalue weighted by Gasteiger charge is 2.17. The molecule has 0 saturated heterocycles. The highest BCUT2D eigenvalue weighted by Crippen LogP contribution is 2.23. The zero-order valence-corrected chi connectivity index (χ0v) is 12.5. The first kappa shape index (κ1) is 16.7. The van der Waals surface area contributed by atoms with Crippen LogP contribution in [0, 0.1) is 0 Å². The molecule has 0 aliphatic heterocycles. The van der Waals surface area contributed by atoms with E-state index < -0.39 is 12.0 Å². The highest BCUT2D eigenvalue weighted by molar-refractivity contribution is 7.99. The van der Waals surface area contributed by atoms with Crippen molar-refractivity contribution >= 4 is 35.2 Å². The van der Waals surface area contributed by atoms with Gasteiger partial charge in [-0.15, -0.1) is 0 Å². The summed E-state index contributed by atoms with van der Waals surface area (Å²) in [5, 5.41) is 11.8. The van der Waals surface area contributed by atoms with Gasteiger partial charge in [0.2, 0.25) is 5.91 Å². The molecule has 0 aromatic heterocycles. The van der Waals surface area contributed by atoms with Gasteiger partial charge < -0.3 is 15.2 Å². The van der Waals surface area contributed by atoms with Crippen LogP contribution in [0.3, 0.4) is 0 Å². The molecule has 1 atom stereocenters. The molecule has 0 aliphatic rings. The largest absolute Gasteiger partial charge is 0.491 e. The van der Waals surface area contributed by atoms with Crippen LogP contribution in [-0.2, 0) is 9.59 Å². The first-order valence-corrected chi connectivity index (χ1v) is 7.49. The van der Waals surface area contributed by atoms with Gasteiger partial charge in [0.05, 0.1) is 11.6 Å². The maximum absolute atomic E-state index is 10.9. The van der Waals surface area contributed by atoms with Crippen molar-refractivity contribution in [3.8, 4) is 5.75 Å². The number of rotatable bonds is 8. The van der Waals surface area contributed by atoms with Crippen molar-refractivity contribution in [3.05, 3.63) is 29.3 Å². The van der Waals surface area contributed by atoms with Crippen molar-refractivity contribution in [3.63, 3.8) is 0 Å². The van der Waals surface area contributed by atoms with E-state index in [1.54, 1.807) is 12.1 Å². The van der Waals surface area contributed by atoms with Crippen LogP contribution in [0.4, 0.5) is 0 Å². The summed E-state index contributed by atoms with van der Waals surface area (Å²) >= 11 is 7.32. The van der Waals surface area contributed by atoms with Crippen LogP contribution >= 0.6 is 23.4 Å². The number of carbonyl (C=O) groups excluding carboxylic acids is 1. The summed E-state index contributed by atoms with van der Waals surface area (Å²) < 4.78 is 5.47. The number of aliphatic carboxylic acids is 1. The molecule has 0 fully saturated rings. The summed E-state index contributed by atoms with van der Waals surface area (Å²) in [5.74, 6) is 0.103. The Labute approximate surface area is 126 Å². The number of carboxylic acids is 1. The third kappa shape index (κ3) is 6.16. The summed E-state index contributed by atoms with van der Waals surface area (Å²) in [5.41, 5.74) is 0. The number of hydrogen-bond donors (Lipinski definition) is 2. The van der Waals surface area contributed by atoms with E-state index in [2.05, 4.69) is 5.32 Å². The number of halogens is 1. The number of benzene rings is 1. The van der Waals surface area contributed by atoms with E-state index >= 15 is 0 Å². The van der Waals surface area contributed by atoms with Crippen molar-refractivity contribution in [2.24, 2.45) is 0 Å². The predicted molar refractivity (Wildman–Crippen MR) is 79.5 cm³/mol. The number of carbonyl (C=O) groups is 2. The van der Waals surface area contributed by atoms with E-state index in [1.165, 1.54) is 18.7 Å². The molecule has 0 unspecified atom stereocenters. The topological polar surface area (TPSA) is 75.6 Å². The van der Waals surface area contributed by atoms with Crippen molar-refractivity contribution in [2.45, 2.75) is 13.0 Å². The second kappa shape index (κ2) is 8.71. The Morgan fingerprint density at radius 3 is 2.75 bits per heavy atom. The number of thioether (sulfide) groups is 1. The van der Waals surface area contributed by atoms with Gasteiger partial charge in [-0.3, -0.25) is 4.79 Å². The molecule has 0 radical (unpaired) electrons. The van der Waals surface area contributed by atoms with Crippen LogP contribution in [-0.4, -0.2) is 41.1 Å². The number of para-hydroxylation sites is 1. The van der Waals surface area contributed by atoms with Crippen molar-refractivity contribution in [1.82, 2.24) is 5.32 Å². The second-order valence-corrected chi connectivity index (χ2v) is 5.50. The first-order chi connectivity index (χ1) is 9.50. The SMILES string of the molecule is CC(=O)N[C@@H](CSCCOc1ccccc1Cl)C(=O)O. The molecule has 5 nitrogen and oxygen atoms in total. The molecule has 7 heteroatoms. The molecular formula is C13H16ClNO4S. The Morgan fingerprint density at radius 1 is 1.45 bits per heavy atom. The van der Waals surface area contributed by atoms with Crippen molar-refractivity contribution < 1.29 is 19.4 Å². The van der Waals surface area contributed by atoms with Crippen LogP contribution in [0.2, 0.25) is 5.02 Å². The second-order valence-electron chi connectivity index (χ2n) is 3.95. The minimum Gasteiger partial charge on any atom is -0.491 e. The van der Waals surface area contributed by atoms with Gasteiger partial charge in [0.25, 0.3) is 0 Å². The van der Waals surface area contributed by atoms with E-state index in [1.807, 2.05) is 12.1 Å². The molecular weight excluding hydrogens is 302 g/mol. The smallest absolute Gasteiger partial charge is 0.327 e.